The van der Waals surface area contributed by atoms with Crippen molar-refractivity contribution in [2.24, 2.45) is 23.2 Å². The number of rotatable bonds is 11. The lowest BCUT2D eigenvalue weighted by Crippen LogP contribution is -2.83. The highest BCUT2D eigenvalue weighted by molar-refractivity contribution is 5.89. The largest absolute Gasteiger partial charge is 0.465 e. The summed E-state index contributed by atoms with van der Waals surface area (Å²) in [6.07, 6.45) is -3.27. The quantitative estimate of drug-likeness (QED) is 0.280. The molecule has 3 fully saturated rings. The van der Waals surface area contributed by atoms with E-state index < -0.39 is 70.5 Å². The number of esters is 3. The average molecular weight is 619 g/mol. The molecule has 1 aromatic rings. The minimum Gasteiger partial charge on any atom is -0.465 e. The zero-order valence-electron chi connectivity index (χ0n) is 27.6. The first-order valence-corrected chi connectivity index (χ1v) is 15.7. The van der Waals surface area contributed by atoms with Crippen LogP contribution in [0.25, 0.3) is 0 Å². The number of fused-ring (bicyclic) bond motifs is 1. The summed E-state index contributed by atoms with van der Waals surface area (Å²) in [5.74, 6) is -1.89. The first-order chi connectivity index (χ1) is 20.5. The highest BCUT2D eigenvalue weighted by Crippen LogP contribution is 2.69. The third kappa shape index (κ3) is 6.02. The lowest BCUT2D eigenvalue weighted by molar-refractivity contribution is -0.363. The van der Waals surface area contributed by atoms with E-state index in [0.29, 0.717) is 18.8 Å². The fraction of sp³-hybridized carbons (Fsp3) is 0.735. The van der Waals surface area contributed by atoms with Crippen molar-refractivity contribution >= 4 is 17.9 Å². The topological polar surface area (TPSA) is 127 Å². The fourth-order valence-electron chi connectivity index (χ4n) is 7.72. The second kappa shape index (κ2) is 12.7. The molecule has 0 radical (unpaired) electrons. The van der Waals surface area contributed by atoms with Gasteiger partial charge in [-0.25, -0.2) is 4.79 Å². The minimum atomic E-state index is -1.71. The number of aliphatic hydroxyl groups is 1. The van der Waals surface area contributed by atoms with E-state index in [1.165, 1.54) is 13.8 Å². The van der Waals surface area contributed by atoms with E-state index in [1.807, 2.05) is 41.5 Å². The molecular formula is C34H50O10. The molecule has 4 rings (SSSR count). The molecule has 1 aromatic carbocycles. The summed E-state index contributed by atoms with van der Waals surface area (Å²) >= 11 is 0. The van der Waals surface area contributed by atoms with Crippen LogP contribution in [-0.2, 0) is 38.0 Å². The Kier molecular flexibility index (Phi) is 9.91. The predicted molar refractivity (Wildman–Crippen MR) is 161 cm³/mol. The third-order valence-electron chi connectivity index (χ3n) is 9.38. The van der Waals surface area contributed by atoms with Crippen LogP contribution >= 0.6 is 0 Å². The van der Waals surface area contributed by atoms with Gasteiger partial charge in [0.2, 0.25) is 0 Å². The molecule has 10 nitrogen and oxygen atoms in total. The van der Waals surface area contributed by atoms with Crippen molar-refractivity contribution in [1.29, 1.82) is 0 Å². The molecule has 2 saturated carbocycles. The molecule has 8 atom stereocenters. The Morgan fingerprint density at radius 1 is 0.909 bits per heavy atom. The summed E-state index contributed by atoms with van der Waals surface area (Å²) in [5, 5.41) is 12.7. The van der Waals surface area contributed by atoms with Gasteiger partial charge in [0.05, 0.1) is 29.0 Å². The Hall–Kier alpha value is -2.53. The van der Waals surface area contributed by atoms with Gasteiger partial charge in [0.1, 0.15) is 29.8 Å². The maximum Gasteiger partial charge on any atom is 0.338 e. The second-order valence-electron chi connectivity index (χ2n) is 14.3. The van der Waals surface area contributed by atoms with Gasteiger partial charge >= 0.3 is 17.9 Å². The molecule has 0 aromatic heterocycles. The lowest BCUT2D eigenvalue weighted by atomic mass is 9.46. The van der Waals surface area contributed by atoms with Crippen LogP contribution in [0.3, 0.4) is 0 Å². The normalized spacial score (nSPS) is 35.7. The van der Waals surface area contributed by atoms with Crippen molar-refractivity contribution in [3.05, 3.63) is 35.9 Å². The van der Waals surface area contributed by atoms with Gasteiger partial charge in [-0.2, -0.15) is 0 Å². The van der Waals surface area contributed by atoms with Gasteiger partial charge < -0.3 is 33.5 Å². The molecule has 246 valence electrons. The Balaban J connectivity index is 2.02. The highest BCUT2D eigenvalue weighted by atomic mass is 16.6. The van der Waals surface area contributed by atoms with Crippen molar-refractivity contribution in [2.45, 2.75) is 116 Å². The Morgan fingerprint density at radius 2 is 1.52 bits per heavy atom. The van der Waals surface area contributed by atoms with Crippen molar-refractivity contribution in [2.75, 3.05) is 19.8 Å². The summed E-state index contributed by atoms with van der Waals surface area (Å²) in [5.41, 5.74) is -5.57. The van der Waals surface area contributed by atoms with Crippen LogP contribution in [0.1, 0.15) is 85.5 Å². The van der Waals surface area contributed by atoms with Crippen molar-refractivity contribution in [1.82, 2.24) is 0 Å². The van der Waals surface area contributed by atoms with Gasteiger partial charge in [-0.15, -0.1) is 0 Å². The molecule has 0 amide bonds. The van der Waals surface area contributed by atoms with Crippen LogP contribution in [0.4, 0.5) is 0 Å². The zero-order valence-corrected chi connectivity index (χ0v) is 27.6. The zero-order chi connectivity index (χ0) is 32.7. The maximum absolute atomic E-state index is 13.8. The third-order valence-corrected chi connectivity index (χ3v) is 9.38. The van der Waals surface area contributed by atoms with Gasteiger partial charge in [-0.1, -0.05) is 45.9 Å². The van der Waals surface area contributed by atoms with Crippen LogP contribution in [0, 0.1) is 23.2 Å². The number of hydrogen-bond donors (Lipinski definition) is 1. The Labute approximate surface area is 261 Å². The molecule has 2 aliphatic carbocycles. The van der Waals surface area contributed by atoms with E-state index in [2.05, 4.69) is 0 Å². The molecule has 3 aliphatic rings. The minimum absolute atomic E-state index is 0.0736. The van der Waals surface area contributed by atoms with Gasteiger partial charge in [0.15, 0.2) is 0 Å². The van der Waals surface area contributed by atoms with E-state index in [4.69, 9.17) is 28.4 Å². The van der Waals surface area contributed by atoms with Gasteiger partial charge in [0.25, 0.3) is 0 Å². The summed E-state index contributed by atoms with van der Waals surface area (Å²) in [6, 6.07) is 8.62. The molecule has 2 bridgehead atoms. The predicted octanol–water partition coefficient (Wildman–Crippen LogP) is 4.50. The molecule has 1 saturated heterocycles. The molecule has 1 aliphatic heterocycles. The number of carbonyl (C=O) groups excluding carboxylic acids is 3. The molecule has 1 N–H and O–H groups in total. The molecule has 1 spiro atoms. The number of hydrogen-bond acceptors (Lipinski definition) is 10. The van der Waals surface area contributed by atoms with Crippen LogP contribution in [0.15, 0.2) is 30.3 Å². The van der Waals surface area contributed by atoms with Crippen LogP contribution in [-0.4, -0.2) is 84.1 Å². The van der Waals surface area contributed by atoms with Crippen LogP contribution < -0.4 is 0 Å². The fourth-order valence-corrected chi connectivity index (χ4v) is 7.72. The maximum atomic E-state index is 13.8. The Morgan fingerprint density at radius 3 is 2.09 bits per heavy atom. The first-order valence-electron chi connectivity index (χ1n) is 15.7. The average Bonchev–Trinajstić information content (AvgIpc) is 3.09. The summed E-state index contributed by atoms with van der Waals surface area (Å²) in [4.78, 5) is 39.0. The van der Waals surface area contributed by atoms with Crippen LogP contribution in [0.2, 0.25) is 0 Å². The monoisotopic (exact) mass is 618 g/mol. The SMILES string of the molecule is CC(=O)OC[C@]12[C@@H](OC(=O)c3ccccc3)C[C@@H]3[C@@H](OC(C)=O)[C@]1(OC3(C)C)[C@@](C)(O)C[C@H](OCC(C)C)[C@@H]2OCC(C)C. The van der Waals surface area contributed by atoms with Gasteiger partial charge in [-0.05, 0) is 51.2 Å². The second-order valence-corrected chi connectivity index (χ2v) is 14.3. The van der Waals surface area contributed by atoms with Gasteiger partial charge in [0, 0.05) is 39.4 Å². The smallest absolute Gasteiger partial charge is 0.338 e. The summed E-state index contributed by atoms with van der Waals surface area (Å²) in [7, 11) is 0. The standard InChI is InChI=1S/C34H50O10/c1-20(2)17-39-26-16-32(9,38)34-28(42-23(6)36)25(31(7,8)44-34)15-27(43-30(37)24-13-11-10-12-14-24)33(34,19-41-22(5)35)29(26)40-18-21(3)4/h10-14,20-21,25-29,38H,15-19H2,1-9H3/t25-,26+,27+,28-,29+,32+,33-,34+/m1/s1. The molecule has 44 heavy (non-hydrogen) atoms. The lowest BCUT2D eigenvalue weighted by Gasteiger charge is -2.66. The summed E-state index contributed by atoms with van der Waals surface area (Å²) in [6.45, 7) is 16.4. The van der Waals surface area contributed by atoms with E-state index in [9.17, 15) is 19.5 Å². The van der Waals surface area contributed by atoms with E-state index >= 15 is 0 Å². The molecular weight excluding hydrogens is 568 g/mol. The molecule has 10 heteroatoms. The van der Waals surface area contributed by atoms with Gasteiger partial charge in [-0.3, -0.25) is 9.59 Å². The number of benzene rings is 1. The van der Waals surface area contributed by atoms with Crippen molar-refractivity contribution < 1.29 is 47.9 Å². The van der Waals surface area contributed by atoms with Crippen LogP contribution in [0.5, 0.6) is 0 Å². The molecule has 1 heterocycles. The Bertz CT molecular complexity index is 1190. The summed E-state index contributed by atoms with van der Waals surface area (Å²) < 4.78 is 38.6. The highest BCUT2D eigenvalue weighted by Gasteiger charge is 2.85. The van der Waals surface area contributed by atoms with Crippen molar-refractivity contribution in [3.8, 4) is 0 Å². The van der Waals surface area contributed by atoms with E-state index in [-0.39, 0.29) is 31.3 Å². The number of carbonyl (C=O) groups is 3. The van der Waals surface area contributed by atoms with E-state index in [0.717, 1.165) is 0 Å². The number of ether oxygens (including phenoxy) is 6. The van der Waals surface area contributed by atoms with Crippen molar-refractivity contribution in [3.63, 3.8) is 0 Å². The molecule has 0 unspecified atom stereocenters. The van der Waals surface area contributed by atoms with E-state index in [1.54, 1.807) is 37.3 Å². The first kappa shape index (κ1) is 34.3.